The van der Waals surface area contributed by atoms with Gasteiger partial charge in [0.1, 0.15) is 6.10 Å². The topological polar surface area (TPSA) is 25.2 Å². The Balaban J connectivity index is 2.00. The van der Waals surface area contributed by atoms with Gasteiger partial charge in [0.15, 0.2) is 0 Å². The van der Waals surface area contributed by atoms with Crippen LogP contribution in [0.4, 0.5) is 0 Å². The molecule has 1 aliphatic rings. The molecule has 2 heteroatoms. The van der Waals surface area contributed by atoms with Crippen molar-refractivity contribution in [1.29, 1.82) is 0 Å². The maximum absolute atomic E-state index is 10.8. The van der Waals surface area contributed by atoms with E-state index >= 15 is 0 Å². The molecule has 0 bridgehead atoms. The van der Waals surface area contributed by atoms with Crippen molar-refractivity contribution in [2.75, 3.05) is 0 Å². The molecule has 1 atom stereocenters. The Bertz CT molecular complexity index is 814. The van der Waals surface area contributed by atoms with Crippen molar-refractivity contribution in [1.82, 2.24) is 4.57 Å². The van der Waals surface area contributed by atoms with E-state index in [0.29, 0.717) is 0 Å². The lowest BCUT2D eigenvalue weighted by atomic mass is 9.97. The number of rotatable bonds is 1. The van der Waals surface area contributed by atoms with Gasteiger partial charge in [-0.2, -0.15) is 0 Å². The molecule has 2 nitrogen and oxygen atoms in total. The number of aliphatic hydroxyl groups excluding tert-OH is 1. The lowest BCUT2D eigenvalue weighted by Gasteiger charge is -2.15. The molecular weight excluding hydrogens is 258 g/mol. The Morgan fingerprint density at radius 2 is 1.57 bits per heavy atom. The maximum Gasteiger partial charge on any atom is 0.120 e. The lowest BCUT2D eigenvalue weighted by molar-refractivity contribution is 0.232. The molecule has 0 spiro atoms. The lowest BCUT2D eigenvalue weighted by Crippen LogP contribution is -2.05. The Labute approximate surface area is 123 Å². The summed E-state index contributed by atoms with van der Waals surface area (Å²) in [6.07, 6.45) is 3.45. The molecule has 102 valence electrons. The summed E-state index contributed by atoms with van der Waals surface area (Å²) in [6.45, 7) is 0. The molecule has 0 aliphatic carbocycles. The highest BCUT2D eigenvalue weighted by Gasteiger charge is 2.23. The maximum atomic E-state index is 10.8. The second-order valence-electron chi connectivity index (χ2n) is 5.23. The average molecular weight is 273 g/mol. The van der Waals surface area contributed by atoms with Crippen molar-refractivity contribution in [3.05, 3.63) is 89.7 Å². The van der Waals surface area contributed by atoms with E-state index in [-0.39, 0.29) is 0 Å². The molecule has 0 fully saturated rings. The summed E-state index contributed by atoms with van der Waals surface area (Å²) in [6, 6.07) is 22.2. The summed E-state index contributed by atoms with van der Waals surface area (Å²) in [7, 11) is 0. The summed E-state index contributed by atoms with van der Waals surface area (Å²) in [5.41, 5.74) is 5.10. The van der Waals surface area contributed by atoms with Gasteiger partial charge in [-0.25, -0.2) is 0 Å². The first-order chi connectivity index (χ1) is 10.3. The molecule has 1 N–H and O–H groups in total. The highest BCUT2D eigenvalue weighted by Crippen LogP contribution is 2.37. The minimum atomic E-state index is -0.630. The van der Waals surface area contributed by atoms with Crippen LogP contribution in [0.2, 0.25) is 0 Å². The van der Waals surface area contributed by atoms with E-state index in [0.717, 1.165) is 28.1 Å². The van der Waals surface area contributed by atoms with E-state index in [1.165, 1.54) is 0 Å². The van der Waals surface area contributed by atoms with Gasteiger partial charge < -0.3 is 9.67 Å². The summed E-state index contributed by atoms with van der Waals surface area (Å²) in [4.78, 5) is 0. The van der Waals surface area contributed by atoms with E-state index in [9.17, 15) is 5.11 Å². The van der Waals surface area contributed by atoms with E-state index in [4.69, 9.17) is 0 Å². The van der Waals surface area contributed by atoms with Gasteiger partial charge in [0, 0.05) is 6.20 Å². The van der Waals surface area contributed by atoms with Crippen LogP contribution in [0.1, 0.15) is 22.9 Å². The molecular formula is C19H15NO. The normalized spacial score (nSPS) is 16.6. The molecule has 1 aliphatic heterocycles. The summed E-state index contributed by atoms with van der Waals surface area (Å²) >= 11 is 0. The van der Waals surface area contributed by atoms with Gasteiger partial charge in [-0.1, -0.05) is 48.5 Å². The standard InChI is InChI=1S/C19H15NO/c21-19-16(14-7-2-1-3-8-14)13-15-9-4-5-10-17(15)20-12-6-11-18(19)20/h1-13,19,21H. The Morgan fingerprint density at radius 3 is 2.43 bits per heavy atom. The van der Waals surface area contributed by atoms with Gasteiger partial charge in [-0.3, -0.25) is 0 Å². The van der Waals surface area contributed by atoms with Crippen molar-refractivity contribution in [2.24, 2.45) is 0 Å². The van der Waals surface area contributed by atoms with Gasteiger partial charge in [0.25, 0.3) is 0 Å². The number of aliphatic hydroxyl groups is 1. The van der Waals surface area contributed by atoms with E-state index < -0.39 is 6.10 Å². The van der Waals surface area contributed by atoms with Crippen molar-refractivity contribution < 1.29 is 5.11 Å². The zero-order valence-corrected chi connectivity index (χ0v) is 11.5. The molecule has 2 heterocycles. The number of aromatic nitrogens is 1. The quantitative estimate of drug-likeness (QED) is 0.710. The Hall–Kier alpha value is -2.58. The smallest absolute Gasteiger partial charge is 0.120 e. The third-order valence-corrected chi connectivity index (χ3v) is 3.97. The molecule has 0 saturated heterocycles. The van der Waals surface area contributed by atoms with E-state index in [1.807, 2.05) is 60.8 Å². The minimum absolute atomic E-state index is 0.630. The second kappa shape index (κ2) is 4.76. The zero-order valence-electron chi connectivity index (χ0n) is 11.5. The molecule has 0 saturated carbocycles. The number of fused-ring (bicyclic) bond motifs is 3. The Morgan fingerprint density at radius 1 is 0.810 bits per heavy atom. The number of hydrogen-bond acceptors (Lipinski definition) is 1. The fourth-order valence-corrected chi connectivity index (χ4v) is 2.94. The summed E-state index contributed by atoms with van der Waals surface area (Å²) in [5.74, 6) is 0. The van der Waals surface area contributed by atoms with Crippen molar-refractivity contribution in [2.45, 2.75) is 6.10 Å². The van der Waals surface area contributed by atoms with Crippen LogP contribution in [0.15, 0.2) is 72.9 Å². The van der Waals surface area contributed by atoms with Gasteiger partial charge in [0.05, 0.1) is 11.4 Å². The fourth-order valence-electron chi connectivity index (χ4n) is 2.94. The largest absolute Gasteiger partial charge is 0.382 e. The zero-order chi connectivity index (χ0) is 14.2. The van der Waals surface area contributed by atoms with Crippen LogP contribution >= 0.6 is 0 Å². The van der Waals surface area contributed by atoms with Gasteiger partial charge >= 0.3 is 0 Å². The predicted octanol–water partition coefficient (Wildman–Crippen LogP) is 4.06. The van der Waals surface area contributed by atoms with Crippen LogP contribution in [0, 0.1) is 0 Å². The second-order valence-corrected chi connectivity index (χ2v) is 5.23. The monoisotopic (exact) mass is 273 g/mol. The number of para-hydroxylation sites is 1. The highest BCUT2D eigenvalue weighted by atomic mass is 16.3. The molecule has 21 heavy (non-hydrogen) atoms. The van der Waals surface area contributed by atoms with Crippen molar-refractivity contribution >= 4 is 11.6 Å². The third-order valence-electron chi connectivity index (χ3n) is 3.97. The number of benzene rings is 2. The average Bonchev–Trinajstić information content (AvgIpc) is 2.98. The first-order valence-electron chi connectivity index (χ1n) is 7.06. The summed E-state index contributed by atoms with van der Waals surface area (Å²) < 4.78 is 2.06. The predicted molar refractivity (Wildman–Crippen MR) is 85.0 cm³/mol. The van der Waals surface area contributed by atoms with Gasteiger partial charge in [-0.15, -0.1) is 0 Å². The molecule has 2 aromatic carbocycles. The van der Waals surface area contributed by atoms with Gasteiger partial charge in [-0.05, 0) is 41.0 Å². The first-order valence-corrected chi connectivity index (χ1v) is 7.06. The highest BCUT2D eigenvalue weighted by molar-refractivity contribution is 5.87. The molecule has 4 rings (SSSR count). The molecule has 1 aromatic heterocycles. The van der Waals surface area contributed by atoms with E-state index in [1.54, 1.807) is 0 Å². The summed E-state index contributed by atoms with van der Waals surface area (Å²) in [5, 5.41) is 10.8. The minimum Gasteiger partial charge on any atom is -0.382 e. The Kier molecular flexibility index (Phi) is 2.76. The first kappa shape index (κ1) is 12.2. The van der Waals surface area contributed by atoms with Crippen LogP contribution in [0.25, 0.3) is 17.3 Å². The number of hydrogen-bond donors (Lipinski definition) is 1. The molecule has 0 amide bonds. The molecule has 0 radical (unpaired) electrons. The molecule has 3 aromatic rings. The van der Waals surface area contributed by atoms with Crippen LogP contribution < -0.4 is 0 Å². The van der Waals surface area contributed by atoms with Crippen molar-refractivity contribution in [3.63, 3.8) is 0 Å². The van der Waals surface area contributed by atoms with E-state index in [2.05, 4.69) is 22.8 Å². The third kappa shape index (κ3) is 1.92. The fraction of sp³-hybridized carbons (Fsp3) is 0.0526. The SMILES string of the molecule is OC1C(c2ccccc2)=Cc2ccccc2-n2cccc21. The van der Waals surface area contributed by atoms with Crippen LogP contribution in [0.3, 0.4) is 0 Å². The molecule has 1 unspecified atom stereocenters. The number of nitrogens with zero attached hydrogens (tertiary/aromatic N) is 1. The van der Waals surface area contributed by atoms with Crippen LogP contribution in [-0.2, 0) is 0 Å². The van der Waals surface area contributed by atoms with Crippen LogP contribution in [0.5, 0.6) is 0 Å². The van der Waals surface area contributed by atoms with Crippen LogP contribution in [-0.4, -0.2) is 9.67 Å². The van der Waals surface area contributed by atoms with Gasteiger partial charge in [0.2, 0.25) is 0 Å². The van der Waals surface area contributed by atoms with Crippen molar-refractivity contribution in [3.8, 4) is 5.69 Å².